The van der Waals surface area contributed by atoms with Gasteiger partial charge >= 0.3 is 0 Å². The first-order chi connectivity index (χ1) is 13.5. The van der Waals surface area contributed by atoms with Crippen molar-refractivity contribution in [3.05, 3.63) is 70.5 Å². The summed E-state index contributed by atoms with van der Waals surface area (Å²) < 4.78 is 47.1. The van der Waals surface area contributed by atoms with Gasteiger partial charge in [-0.2, -0.15) is 0 Å². The van der Waals surface area contributed by atoms with Crippen LogP contribution in [0.15, 0.2) is 36.4 Å². The second-order valence-corrected chi connectivity index (χ2v) is 7.19. The van der Waals surface area contributed by atoms with Gasteiger partial charge in [0.05, 0.1) is 13.2 Å². The molecule has 1 N–H and O–H groups in total. The molecule has 3 rings (SSSR count). The molecular formula is C23H25F3O2. The highest BCUT2D eigenvalue weighted by Crippen LogP contribution is 2.37. The zero-order valence-electron chi connectivity index (χ0n) is 15.9. The molecule has 0 radical (unpaired) electrons. The Bertz CT molecular complexity index is 840. The smallest absolute Gasteiger partial charge is 0.166 e. The molecule has 1 fully saturated rings. The van der Waals surface area contributed by atoms with E-state index in [1.54, 1.807) is 18.2 Å². The summed E-state index contributed by atoms with van der Waals surface area (Å²) in [6, 6.07) is 8.06. The molecule has 2 aromatic rings. The van der Waals surface area contributed by atoms with E-state index >= 15 is 0 Å². The predicted molar refractivity (Wildman–Crippen MR) is 104 cm³/mol. The van der Waals surface area contributed by atoms with E-state index in [0.29, 0.717) is 12.5 Å². The second kappa shape index (κ2) is 9.28. The highest BCUT2D eigenvalue weighted by Gasteiger charge is 2.22. The molecule has 0 bridgehead atoms. The maximum absolute atomic E-state index is 14.1. The van der Waals surface area contributed by atoms with Crippen molar-refractivity contribution >= 4 is 6.08 Å². The number of allylic oxidation sites excluding steroid dienone is 1. The van der Waals surface area contributed by atoms with Crippen LogP contribution in [0.2, 0.25) is 0 Å². The van der Waals surface area contributed by atoms with E-state index in [1.165, 1.54) is 12.1 Å². The monoisotopic (exact) mass is 390 g/mol. The standard InChI is InChI=1S/C23H25F3O2/c1-2-28-21-12-11-18(13-20(21)24)16-6-3-15(4-7-16)5-8-17-9-10-19(14-27)23(26)22(17)25/h5,8-13,15-16,27H,2-4,6-7,14H2,1H3/b8-5+. The lowest BCUT2D eigenvalue weighted by Crippen LogP contribution is -2.12. The van der Waals surface area contributed by atoms with E-state index in [0.717, 1.165) is 31.2 Å². The summed E-state index contributed by atoms with van der Waals surface area (Å²) in [5, 5.41) is 8.99. The van der Waals surface area contributed by atoms with Gasteiger partial charge in [0.15, 0.2) is 23.2 Å². The summed E-state index contributed by atoms with van der Waals surface area (Å²) in [7, 11) is 0. The summed E-state index contributed by atoms with van der Waals surface area (Å²) in [6.45, 7) is 1.73. The first kappa shape index (κ1) is 20.5. The normalized spacial score (nSPS) is 19.9. The first-order valence-electron chi connectivity index (χ1n) is 9.71. The summed E-state index contributed by atoms with van der Waals surface area (Å²) >= 11 is 0. The first-order valence-corrected chi connectivity index (χ1v) is 9.71. The molecule has 2 aromatic carbocycles. The van der Waals surface area contributed by atoms with Gasteiger partial charge in [-0.3, -0.25) is 0 Å². The van der Waals surface area contributed by atoms with Crippen LogP contribution in [0.25, 0.3) is 6.08 Å². The van der Waals surface area contributed by atoms with Crippen LogP contribution in [-0.4, -0.2) is 11.7 Å². The lowest BCUT2D eigenvalue weighted by atomic mass is 9.78. The molecule has 5 heteroatoms. The lowest BCUT2D eigenvalue weighted by molar-refractivity contribution is 0.273. The zero-order valence-corrected chi connectivity index (χ0v) is 15.9. The number of rotatable bonds is 6. The zero-order chi connectivity index (χ0) is 20.1. The van der Waals surface area contributed by atoms with Gasteiger partial charge in [0.1, 0.15) is 0 Å². The fourth-order valence-electron chi connectivity index (χ4n) is 3.78. The van der Waals surface area contributed by atoms with Gasteiger partial charge in [0, 0.05) is 11.1 Å². The molecule has 0 aromatic heterocycles. The summed E-state index contributed by atoms with van der Waals surface area (Å²) in [5.41, 5.74) is 1.12. The molecule has 0 heterocycles. The molecule has 150 valence electrons. The topological polar surface area (TPSA) is 29.5 Å². The summed E-state index contributed by atoms with van der Waals surface area (Å²) in [5.74, 6) is -1.39. The average molecular weight is 390 g/mol. The minimum atomic E-state index is -0.995. The van der Waals surface area contributed by atoms with E-state index in [9.17, 15) is 13.2 Å². The number of aliphatic hydroxyl groups excluding tert-OH is 1. The van der Waals surface area contributed by atoms with Crippen LogP contribution >= 0.6 is 0 Å². The highest BCUT2D eigenvalue weighted by molar-refractivity contribution is 5.51. The third-order valence-electron chi connectivity index (χ3n) is 5.41. The van der Waals surface area contributed by atoms with E-state index in [1.807, 2.05) is 19.1 Å². The largest absolute Gasteiger partial charge is 0.491 e. The van der Waals surface area contributed by atoms with Gasteiger partial charge in [-0.05, 0) is 62.1 Å². The fourth-order valence-corrected chi connectivity index (χ4v) is 3.78. The van der Waals surface area contributed by atoms with Crippen LogP contribution in [0, 0.1) is 23.4 Å². The number of ether oxygens (including phenoxy) is 1. The van der Waals surface area contributed by atoms with Crippen LogP contribution in [0.5, 0.6) is 5.75 Å². The molecule has 1 saturated carbocycles. The summed E-state index contributed by atoms with van der Waals surface area (Å²) in [4.78, 5) is 0. The SMILES string of the molecule is CCOc1ccc(C2CCC(/C=C/c3ccc(CO)c(F)c3F)CC2)cc1F. The average Bonchev–Trinajstić information content (AvgIpc) is 2.71. The molecule has 28 heavy (non-hydrogen) atoms. The Hall–Kier alpha value is -2.27. The summed E-state index contributed by atoms with van der Waals surface area (Å²) in [6.07, 6.45) is 7.20. The molecule has 0 unspecified atom stereocenters. The quantitative estimate of drug-likeness (QED) is 0.657. The van der Waals surface area contributed by atoms with Gasteiger partial charge in [-0.1, -0.05) is 30.4 Å². The van der Waals surface area contributed by atoms with Crippen molar-refractivity contribution in [1.29, 1.82) is 0 Å². The van der Waals surface area contributed by atoms with Crippen molar-refractivity contribution in [2.24, 2.45) is 5.92 Å². The number of hydrogen-bond acceptors (Lipinski definition) is 2. The predicted octanol–water partition coefficient (Wildman–Crippen LogP) is 5.98. The Morgan fingerprint density at radius 2 is 1.79 bits per heavy atom. The van der Waals surface area contributed by atoms with Gasteiger partial charge in [0.25, 0.3) is 0 Å². The molecule has 1 aliphatic carbocycles. The number of benzene rings is 2. The van der Waals surface area contributed by atoms with Gasteiger partial charge in [0.2, 0.25) is 0 Å². The van der Waals surface area contributed by atoms with Gasteiger partial charge < -0.3 is 9.84 Å². The van der Waals surface area contributed by atoms with E-state index < -0.39 is 18.2 Å². The number of aliphatic hydroxyl groups is 1. The number of halogens is 3. The number of hydrogen-bond donors (Lipinski definition) is 1. The van der Waals surface area contributed by atoms with Crippen LogP contribution < -0.4 is 4.74 Å². The Labute approximate surface area is 163 Å². The van der Waals surface area contributed by atoms with Crippen molar-refractivity contribution < 1.29 is 23.0 Å². The molecule has 0 atom stereocenters. The Morgan fingerprint density at radius 1 is 1.04 bits per heavy atom. The van der Waals surface area contributed by atoms with Crippen molar-refractivity contribution in [2.75, 3.05) is 6.61 Å². The van der Waals surface area contributed by atoms with Crippen molar-refractivity contribution in [3.63, 3.8) is 0 Å². The molecule has 2 nitrogen and oxygen atoms in total. The lowest BCUT2D eigenvalue weighted by Gasteiger charge is -2.27. The maximum Gasteiger partial charge on any atom is 0.166 e. The van der Waals surface area contributed by atoms with E-state index in [2.05, 4.69) is 0 Å². The van der Waals surface area contributed by atoms with Crippen molar-refractivity contribution in [1.82, 2.24) is 0 Å². The van der Waals surface area contributed by atoms with Crippen LogP contribution in [0.3, 0.4) is 0 Å². The Morgan fingerprint density at radius 3 is 2.43 bits per heavy atom. The van der Waals surface area contributed by atoms with Crippen molar-refractivity contribution in [3.8, 4) is 5.75 Å². The maximum atomic E-state index is 14.1. The Balaban J connectivity index is 1.61. The molecular weight excluding hydrogens is 365 g/mol. The minimum Gasteiger partial charge on any atom is -0.491 e. The van der Waals surface area contributed by atoms with E-state index in [4.69, 9.17) is 9.84 Å². The molecule has 0 amide bonds. The van der Waals surface area contributed by atoms with Crippen molar-refractivity contribution in [2.45, 2.75) is 45.1 Å². The Kier molecular flexibility index (Phi) is 6.79. The molecule has 0 aliphatic heterocycles. The highest BCUT2D eigenvalue weighted by atomic mass is 19.2. The molecule has 1 aliphatic rings. The van der Waals surface area contributed by atoms with Gasteiger partial charge in [-0.25, -0.2) is 13.2 Å². The molecule has 0 saturated heterocycles. The van der Waals surface area contributed by atoms with Crippen LogP contribution in [-0.2, 0) is 6.61 Å². The fraction of sp³-hybridized carbons (Fsp3) is 0.391. The molecule has 0 spiro atoms. The van der Waals surface area contributed by atoms with Gasteiger partial charge in [-0.15, -0.1) is 0 Å². The van der Waals surface area contributed by atoms with Crippen LogP contribution in [0.4, 0.5) is 13.2 Å². The third-order valence-corrected chi connectivity index (χ3v) is 5.41. The minimum absolute atomic E-state index is 0.0438. The van der Waals surface area contributed by atoms with Crippen LogP contribution in [0.1, 0.15) is 55.2 Å². The third kappa shape index (κ3) is 4.58. The van der Waals surface area contributed by atoms with E-state index in [-0.39, 0.29) is 28.6 Å². The second-order valence-electron chi connectivity index (χ2n) is 7.19.